The molecule has 5 heteroatoms. The Labute approximate surface area is 240 Å². The first kappa shape index (κ1) is 36.5. The number of amides is 1. The average Bonchev–Trinajstić information content (AvgIpc) is 2.90. The molecule has 1 heterocycles. The lowest BCUT2D eigenvalue weighted by atomic mass is 10.00. The van der Waals surface area contributed by atoms with Crippen molar-refractivity contribution in [3.05, 3.63) is 58.2 Å². The van der Waals surface area contributed by atoms with Gasteiger partial charge in [0.1, 0.15) is 11.5 Å². The molecule has 1 aliphatic rings. The van der Waals surface area contributed by atoms with Crippen molar-refractivity contribution in [3.63, 3.8) is 0 Å². The van der Waals surface area contributed by atoms with E-state index in [-0.39, 0.29) is 11.8 Å². The number of unbranched alkanes of at least 4 members (excludes halogenated alkanes) is 2. The molecule has 5 nitrogen and oxygen atoms in total. The number of carbonyl (C=O) groups excluding carboxylic acids is 1. The van der Waals surface area contributed by atoms with E-state index < -0.39 is 0 Å². The predicted octanol–water partition coefficient (Wildman–Crippen LogP) is 9.11. The van der Waals surface area contributed by atoms with Gasteiger partial charge in [-0.15, -0.1) is 0 Å². The Balaban J connectivity index is 0.00000185. The van der Waals surface area contributed by atoms with Crippen molar-refractivity contribution in [2.45, 2.75) is 107 Å². The first-order chi connectivity index (χ1) is 18.6. The highest BCUT2D eigenvalue weighted by molar-refractivity contribution is 5.72. The van der Waals surface area contributed by atoms with Gasteiger partial charge in [-0.2, -0.15) is 0 Å². The highest BCUT2D eigenvalue weighted by atomic mass is 16.6. The maximum atomic E-state index is 12.8. The number of phenols is 1. The van der Waals surface area contributed by atoms with Crippen LogP contribution in [0.4, 0.5) is 4.79 Å². The van der Waals surface area contributed by atoms with Crippen LogP contribution in [0, 0.1) is 0 Å². The Morgan fingerprint density at radius 3 is 2.13 bits per heavy atom. The maximum Gasteiger partial charge on any atom is 0.415 e. The second-order valence-corrected chi connectivity index (χ2v) is 10.6. The molecule has 0 unspecified atom stereocenters. The van der Waals surface area contributed by atoms with Crippen LogP contribution < -0.4 is 4.74 Å². The van der Waals surface area contributed by atoms with Gasteiger partial charge in [0.2, 0.25) is 0 Å². The SMILES string of the molecule is CC.CC=C(C)C.CCCCCc1cc(O)c(C/C=C(\C)CCC=C(C)C)c(OC(=O)N2CCN(C)CC2)c1. The number of benzene rings is 1. The summed E-state index contributed by atoms with van der Waals surface area (Å²) in [7, 11) is 2.06. The number of hydrogen-bond acceptors (Lipinski definition) is 4. The number of aryl methyl sites for hydroxylation is 1. The van der Waals surface area contributed by atoms with Gasteiger partial charge in [-0.25, -0.2) is 4.79 Å². The van der Waals surface area contributed by atoms with Crippen molar-refractivity contribution in [1.29, 1.82) is 0 Å². The van der Waals surface area contributed by atoms with Gasteiger partial charge in [-0.3, -0.25) is 0 Å². The van der Waals surface area contributed by atoms with Crippen LogP contribution in [0.15, 0.2) is 47.1 Å². The molecule has 1 saturated heterocycles. The van der Waals surface area contributed by atoms with Crippen LogP contribution in [0.25, 0.3) is 0 Å². The molecule has 222 valence electrons. The summed E-state index contributed by atoms with van der Waals surface area (Å²) < 4.78 is 5.86. The first-order valence-electron chi connectivity index (χ1n) is 15.0. The van der Waals surface area contributed by atoms with E-state index in [0.29, 0.717) is 30.8 Å². The molecule has 0 spiro atoms. The Kier molecular flexibility index (Phi) is 19.9. The number of allylic oxidation sites excluding steroid dienone is 6. The summed E-state index contributed by atoms with van der Waals surface area (Å²) in [5, 5.41) is 10.8. The molecule has 0 aliphatic carbocycles. The Hall–Kier alpha value is -2.53. The molecule has 39 heavy (non-hydrogen) atoms. The molecule has 0 atom stereocenters. The van der Waals surface area contributed by atoms with E-state index in [0.717, 1.165) is 57.2 Å². The molecule has 0 aromatic heterocycles. The van der Waals surface area contributed by atoms with Crippen LogP contribution in [-0.4, -0.2) is 54.2 Å². The van der Waals surface area contributed by atoms with Crippen LogP contribution in [0.2, 0.25) is 0 Å². The Bertz CT molecular complexity index is 915. The lowest BCUT2D eigenvalue weighted by molar-refractivity contribution is 0.120. The minimum absolute atomic E-state index is 0.216. The van der Waals surface area contributed by atoms with Crippen LogP contribution in [0.3, 0.4) is 0 Å². The first-order valence-corrected chi connectivity index (χ1v) is 15.0. The molecule has 0 bridgehead atoms. The maximum absolute atomic E-state index is 12.8. The summed E-state index contributed by atoms with van der Waals surface area (Å²) in [6, 6.07) is 3.79. The minimum atomic E-state index is -0.325. The van der Waals surface area contributed by atoms with E-state index in [1.807, 2.05) is 32.9 Å². The van der Waals surface area contributed by atoms with Gasteiger partial charge in [0.05, 0.1) is 0 Å². The van der Waals surface area contributed by atoms with E-state index in [2.05, 4.69) is 71.7 Å². The van der Waals surface area contributed by atoms with Gasteiger partial charge >= 0.3 is 6.09 Å². The summed E-state index contributed by atoms with van der Waals surface area (Å²) in [6.07, 6.45) is 12.9. The van der Waals surface area contributed by atoms with E-state index in [9.17, 15) is 9.90 Å². The largest absolute Gasteiger partial charge is 0.508 e. The molecule has 1 N–H and O–H groups in total. The van der Waals surface area contributed by atoms with Crippen molar-refractivity contribution in [3.8, 4) is 11.5 Å². The van der Waals surface area contributed by atoms with Crippen molar-refractivity contribution >= 4 is 6.09 Å². The van der Waals surface area contributed by atoms with Crippen molar-refractivity contribution < 1.29 is 14.6 Å². The summed E-state index contributed by atoms with van der Waals surface area (Å²) in [5.41, 5.74) is 5.68. The molecule has 2 rings (SSSR count). The van der Waals surface area contributed by atoms with E-state index >= 15 is 0 Å². The lowest BCUT2D eigenvalue weighted by Gasteiger charge is -2.31. The van der Waals surface area contributed by atoms with E-state index in [1.165, 1.54) is 16.7 Å². The number of ether oxygens (including phenoxy) is 1. The van der Waals surface area contributed by atoms with Crippen LogP contribution >= 0.6 is 0 Å². The van der Waals surface area contributed by atoms with E-state index in [1.54, 1.807) is 4.90 Å². The number of piperazine rings is 1. The minimum Gasteiger partial charge on any atom is -0.508 e. The predicted molar refractivity (Wildman–Crippen MR) is 169 cm³/mol. The number of aromatic hydroxyl groups is 1. The molecule has 0 radical (unpaired) electrons. The van der Waals surface area contributed by atoms with Crippen molar-refractivity contribution in [1.82, 2.24) is 9.80 Å². The third-order valence-electron chi connectivity index (χ3n) is 6.60. The fraction of sp³-hybridized carbons (Fsp3) is 0.618. The average molecular weight is 543 g/mol. The zero-order chi connectivity index (χ0) is 29.8. The van der Waals surface area contributed by atoms with Gasteiger partial charge in [0.25, 0.3) is 0 Å². The second kappa shape index (κ2) is 21.3. The normalized spacial score (nSPS) is 13.4. The van der Waals surface area contributed by atoms with Crippen LogP contribution in [-0.2, 0) is 12.8 Å². The van der Waals surface area contributed by atoms with Gasteiger partial charge < -0.3 is 19.6 Å². The smallest absolute Gasteiger partial charge is 0.415 e. The molecule has 1 fully saturated rings. The number of likely N-dealkylation sites (N-methyl/N-ethyl adjacent to an activating group) is 1. The second-order valence-electron chi connectivity index (χ2n) is 10.6. The molecule has 0 saturated carbocycles. The number of nitrogens with zero attached hydrogens (tertiary/aromatic N) is 2. The fourth-order valence-corrected chi connectivity index (χ4v) is 3.82. The van der Waals surface area contributed by atoms with Crippen LogP contribution in [0.5, 0.6) is 11.5 Å². The van der Waals surface area contributed by atoms with Gasteiger partial charge in [-0.05, 0) is 98.4 Å². The zero-order valence-electron chi connectivity index (χ0n) is 26.8. The number of rotatable bonds is 10. The molecular formula is C34H58N2O3. The number of phenolic OH excluding ortho intramolecular Hbond substituents is 1. The summed E-state index contributed by atoms with van der Waals surface area (Å²) in [6.45, 7) is 21.7. The Morgan fingerprint density at radius 1 is 0.974 bits per heavy atom. The Morgan fingerprint density at radius 2 is 1.59 bits per heavy atom. The van der Waals surface area contributed by atoms with Gasteiger partial charge in [0.15, 0.2) is 0 Å². The summed E-state index contributed by atoms with van der Waals surface area (Å²) in [4.78, 5) is 16.8. The lowest BCUT2D eigenvalue weighted by Crippen LogP contribution is -2.48. The number of hydrogen-bond donors (Lipinski definition) is 1. The third-order valence-corrected chi connectivity index (χ3v) is 6.60. The van der Waals surface area contributed by atoms with Crippen molar-refractivity contribution in [2.24, 2.45) is 0 Å². The third kappa shape index (κ3) is 16.2. The van der Waals surface area contributed by atoms with Crippen molar-refractivity contribution in [2.75, 3.05) is 33.2 Å². The van der Waals surface area contributed by atoms with E-state index in [4.69, 9.17) is 4.74 Å². The van der Waals surface area contributed by atoms with Gasteiger partial charge in [0, 0.05) is 31.7 Å². The molecule has 1 amide bonds. The standard InChI is InChI=1S/C27H42N2O3.C5H10.C2H6/c1-6-7-8-12-23-19-25(30)24(14-13-22(4)11-9-10-21(2)3)26(20-23)32-27(31)29-17-15-28(5)16-18-29;1-4-5(2)3;1-2/h10,13,19-20,30H,6-9,11-12,14-18H2,1-5H3;4H,1-3H3;1-2H3/b22-13+;;. The fourth-order valence-electron chi connectivity index (χ4n) is 3.82. The highest BCUT2D eigenvalue weighted by Gasteiger charge is 2.22. The summed E-state index contributed by atoms with van der Waals surface area (Å²) >= 11 is 0. The number of carbonyl (C=O) groups is 1. The summed E-state index contributed by atoms with van der Waals surface area (Å²) in [5.74, 6) is 0.710. The molecule has 1 aliphatic heterocycles. The highest BCUT2D eigenvalue weighted by Crippen LogP contribution is 2.32. The molecular weight excluding hydrogens is 484 g/mol. The topological polar surface area (TPSA) is 53.0 Å². The monoisotopic (exact) mass is 542 g/mol. The quantitative estimate of drug-likeness (QED) is 0.237. The van der Waals surface area contributed by atoms with Gasteiger partial charge in [-0.1, -0.05) is 68.6 Å². The zero-order valence-corrected chi connectivity index (χ0v) is 26.8. The molecule has 1 aromatic rings. The molecule has 1 aromatic carbocycles. The van der Waals surface area contributed by atoms with Crippen LogP contribution in [0.1, 0.15) is 106 Å².